The first kappa shape index (κ1) is 20.3. The fourth-order valence-electron chi connectivity index (χ4n) is 3.17. The van der Waals surface area contributed by atoms with Gasteiger partial charge in [0.2, 0.25) is 0 Å². The molecule has 0 bridgehead atoms. The van der Waals surface area contributed by atoms with Crippen LogP contribution in [0.4, 0.5) is 13.2 Å². The van der Waals surface area contributed by atoms with E-state index in [1.165, 1.54) is 24.4 Å². The lowest BCUT2D eigenvalue weighted by atomic mass is 9.95. The zero-order chi connectivity index (χ0) is 21.3. The molecule has 1 amide bonds. The first-order valence-corrected chi connectivity index (χ1v) is 8.64. The average Bonchev–Trinajstić information content (AvgIpc) is 2.93. The molecule has 1 saturated heterocycles. The number of hydrogen-bond acceptors (Lipinski definition) is 4. The molecule has 5 nitrogen and oxygen atoms in total. The molecule has 0 aliphatic carbocycles. The number of aliphatic hydroxyl groups is 1. The van der Waals surface area contributed by atoms with Crippen LogP contribution < -0.4 is 0 Å². The Labute approximate surface area is 164 Å². The summed E-state index contributed by atoms with van der Waals surface area (Å²) in [6.07, 6.45) is -1.76. The van der Waals surface area contributed by atoms with Crippen molar-refractivity contribution in [3.8, 4) is 0 Å². The fraction of sp³-hybridized carbons (Fsp3) is 0.190. The molecule has 2 heterocycles. The summed E-state index contributed by atoms with van der Waals surface area (Å²) in [5.74, 6) is -2.22. The Morgan fingerprint density at radius 3 is 2.38 bits per heavy atom. The molecule has 1 fully saturated rings. The van der Waals surface area contributed by atoms with Gasteiger partial charge in [-0.1, -0.05) is 18.2 Å². The largest absolute Gasteiger partial charge is 0.507 e. The van der Waals surface area contributed by atoms with Crippen molar-refractivity contribution in [1.82, 2.24) is 9.88 Å². The molecule has 8 heteroatoms. The standard InChI is InChI=1S/C21H17F3N2O3/c1-3-10-26-17(13-6-8-15(9-7-13)21(22,23)24)16(19(28)20(26)29)18(27)14-5-4-12(2)25-11-14/h3-9,11,17,27H,1,10H2,2H3/t17-/m1/s1. The lowest BCUT2D eigenvalue weighted by Crippen LogP contribution is -2.29. The summed E-state index contributed by atoms with van der Waals surface area (Å²) in [4.78, 5) is 30.4. The van der Waals surface area contributed by atoms with Gasteiger partial charge in [-0.3, -0.25) is 14.6 Å². The van der Waals surface area contributed by atoms with Gasteiger partial charge in [-0.2, -0.15) is 13.2 Å². The van der Waals surface area contributed by atoms with E-state index in [0.717, 1.165) is 17.0 Å². The molecule has 3 rings (SSSR count). The van der Waals surface area contributed by atoms with Crippen LogP contribution in [-0.2, 0) is 15.8 Å². The minimum atomic E-state index is -4.52. The van der Waals surface area contributed by atoms with Gasteiger partial charge in [0.05, 0.1) is 17.2 Å². The predicted octanol–water partition coefficient (Wildman–Crippen LogP) is 4.02. The highest BCUT2D eigenvalue weighted by Gasteiger charge is 2.45. The number of aliphatic hydroxyl groups excluding tert-OH is 1. The van der Waals surface area contributed by atoms with Gasteiger partial charge in [0.25, 0.3) is 11.7 Å². The molecular weight excluding hydrogens is 385 g/mol. The topological polar surface area (TPSA) is 70.5 Å². The lowest BCUT2D eigenvalue weighted by molar-refractivity contribution is -0.139. The van der Waals surface area contributed by atoms with Crippen LogP contribution >= 0.6 is 0 Å². The Morgan fingerprint density at radius 2 is 1.86 bits per heavy atom. The summed E-state index contributed by atoms with van der Waals surface area (Å²) >= 11 is 0. The van der Waals surface area contributed by atoms with E-state index in [1.54, 1.807) is 19.1 Å². The molecule has 1 aromatic heterocycles. The van der Waals surface area contributed by atoms with Crippen molar-refractivity contribution in [1.29, 1.82) is 0 Å². The lowest BCUT2D eigenvalue weighted by Gasteiger charge is -2.24. The van der Waals surface area contributed by atoms with Crippen molar-refractivity contribution in [3.63, 3.8) is 0 Å². The van der Waals surface area contributed by atoms with Crippen molar-refractivity contribution in [2.24, 2.45) is 0 Å². The maximum absolute atomic E-state index is 12.9. The van der Waals surface area contributed by atoms with Crippen molar-refractivity contribution < 1.29 is 27.9 Å². The zero-order valence-corrected chi connectivity index (χ0v) is 15.4. The molecule has 2 aromatic rings. The second kappa shape index (κ2) is 7.54. The Hall–Kier alpha value is -3.42. The number of likely N-dealkylation sites (tertiary alicyclic amines) is 1. The summed E-state index contributed by atoms with van der Waals surface area (Å²) in [6.45, 7) is 5.28. The van der Waals surface area contributed by atoms with Gasteiger partial charge in [-0.25, -0.2) is 0 Å². The van der Waals surface area contributed by atoms with Gasteiger partial charge in [-0.15, -0.1) is 6.58 Å². The maximum Gasteiger partial charge on any atom is 0.416 e. The fourth-order valence-corrected chi connectivity index (χ4v) is 3.17. The average molecular weight is 402 g/mol. The smallest absolute Gasteiger partial charge is 0.416 e. The number of hydrogen-bond donors (Lipinski definition) is 1. The number of pyridine rings is 1. The Morgan fingerprint density at radius 1 is 1.21 bits per heavy atom. The SMILES string of the molecule is C=CCN1C(=O)C(=O)C(=C(O)c2ccc(C)nc2)[C@H]1c1ccc(C(F)(F)F)cc1. The van der Waals surface area contributed by atoms with Crippen LogP contribution in [0.25, 0.3) is 5.76 Å². The first-order chi connectivity index (χ1) is 13.6. The summed E-state index contributed by atoms with van der Waals surface area (Å²) in [5, 5.41) is 10.7. The van der Waals surface area contributed by atoms with Crippen LogP contribution in [0, 0.1) is 6.92 Å². The van der Waals surface area contributed by atoms with Gasteiger partial charge in [0, 0.05) is 24.0 Å². The quantitative estimate of drug-likeness (QED) is 0.363. The number of rotatable bonds is 4. The van der Waals surface area contributed by atoms with Crippen molar-refractivity contribution in [2.45, 2.75) is 19.1 Å². The van der Waals surface area contributed by atoms with E-state index in [-0.39, 0.29) is 23.2 Å². The van der Waals surface area contributed by atoms with Gasteiger partial charge < -0.3 is 10.0 Å². The van der Waals surface area contributed by atoms with Gasteiger partial charge >= 0.3 is 6.18 Å². The van der Waals surface area contributed by atoms with Crippen LogP contribution in [-0.4, -0.2) is 33.2 Å². The van der Waals surface area contributed by atoms with Crippen LogP contribution in [0.3, 0.4) is 0 Å². The number of alkyl halides is 3. The van der Waals surface area contributed by atoms with Gasteiger partial charge in [-0.05, 0) is 36.8 Å². The molecule has 29 heavy (non-hydrogen) atoms. The number of carbonyl (C=O) groups excluding carboxylic acids is 2. The highest BCUT2D eigenvalue weighted by molar-refractivity contribution is 6.46. The second-order valence-corrected chi connectivity index (χ2v) is 6.55. The number of aromatic nitrogens is 1. The Kier molecular flexibility index (Phi) is 5.28. The van der Waals surface area contributed by atoms with Crippen LogP contribution in [0.5, 0.6) is 0 Å². The molecule has 0 saturated carbocycles. The third kappa shape index (κ3) is 3.78. The van der Waals surface area contributed by atoms with E-state index in [9.17, 15) is 27.9 Å². The third-order valence-corrected chi connectivity index (χ3v) is 4.60. The molecule has 1 aliphatic heterocycles. The number of amides is 1. The van der Waals surface area contributed by atoms with Crippen LogP contribution in [0.2, 0.25) is 0 Å². The van der Waals surface area contributed by atoms with E-state index < -0.39 is 35.2 Å². The predicted molar refractivity (Wildman–Crippen MR) is 99.6 cm³/mol. The normalized spacial score (nSPS) is 18.9. The van der Waals surface area contributed by atoms with E-state index >= 15 is 0 Å². The number of benzene rings is 1. The number of aryl methyl sites for hydroxylation is 1. The maximum atomic E-state index is 12.9. The van der Waals surface area contributed by atoms with E-state index in [0.29, 0.717) is 5.69 Å². The third-order valence-electron chi connectivity index (χ3n) is 4.60. The number of carbonyl (C=O) groups is 2. The Bertz CT molecular complexity index is 993. The minimum Gasteiger partial charge on any atom is -0.507 e. The molecule has 1 aliphatic rings. The monoisotopic (exact) mass is 402 g/mol. The molecular formula is C21H17F3N2O3. The van der Waals surface area contributed by atoms with Crippen molar-refractivity contribution >= 4 is 17.4 Å². The first-order valence-electron chi connectivity index (χ1n) is 8.64. The zero-order valence-electron chi connectivity index (χ0n) is 15.4. The highest BCUT2D eigenvalue weighted by Crippen LogP contribution is 2.40. The van der Waals surface area contributed by atoms with Gasteiger partial charge in [0.15, 0.2) is 0 Å². The summed E-state index contributed by atoms with van der Waals surface area (Å²) in [6, 6.07) is 6.25. The molecule has 0 radical (unpaired) electrons. The van der Waals surface area contributed by atoms with Gasteiger partial charge in [0.1, 0.15) is 5.76 Å². The molecule has 0 unspecified atom stereocenters. The number of Topliss-reactive ketones (excluding diaryl/α,β-unsaturated/α-hetero) is 1. The molecule has 150 valence electrons. The van der Waals surface area contributed by atoms with E-state index in [4.69, 9.17) is 0 Å². The highest BCUT2D eigenvalue weighted by atomic mass is 19.4. The number of nitrogens with zero attached hydrogens (tertiary/aromatic N) is 2. The van der Waals surface area contributed by atoms with Crippen molar-refractivity contribution in [2.75, 3.05) is 6.54 Å². The second-order valence-electron chi connectivity index (χ2n) is 6.55. The van der Waals surface area contributed by atoms with Crippen LogP contribution in [0.1, 0.15) is 28.4 Å². The number of halogens is 3. The summed E-state index contributed by atoms with van der Waals surface area (Å²) in [7, 11) is 0. The number of ketones is 1. The van der Waals surface area contributed by atoms with E-state index in [2.05, 4.69) is 11.6 Å². The van der Waals surface area contributed by atoms with Crippen molar-refractivity contribution in [3.05, 3.63) is 83.2 Å². The molecule has 1 atom stereocenters. The summed E-state index contributed by atoms with van der Waals surface area (Å²) in [5.41, 5.74) is 0.115. The van der Waals surface area contributed by atoms with E-state index in [1.807, 2.05) is 0 Å². The van der Waals surface area contributed by atoms with Crippen LogP contribution in [0.15, 0.2) is 60.8 Å². The molecule has 0 spiro atoms. The molecule has 1 aromatic carbocycles. The Balaban J connectivity index is 2.16. The summed E-state index contributed by atoms with van der Waals surface area (Å²) < 4.78 is 38.7. The minimum absolute atomic E-state index is 0.0147. The molecule has 1 N–H and O–H groups in total.